The highest BCUT2D eigenvalue weighted by atomic mass is 35.5. The van der Waals surface area contributed by atoms with Crippen LogP contribution in [0.3, 0.4) is 0 Å². The molecule has 0 spiro atoms. The quantitative estimate of drug-likeness (QED) is 0.586. The van der Waals surface area contributed by atoms with E-state index < -0.39 is 0 Å². The van der Waals surface area contributed by atoms with Crippen molar-refractivity contribution in [2.24, 2.45) is 0 Å². The molecule has 15 heavy (non-hydrogen) atoms. The molecule has 80 valence electrons. The molecule has 0 amide bonds. The lowest BCUT2D eigenvalue weighted by atomic mass is 10.1. The number of aldehydes is 1. The zero-order chi connectivity index (χ0) is 11.4. The maximum atomic E-state index is 11.2. The van der Waals surface area contributed by atoms with Crippen LogP contribution in [0.4, 0.5) is 0 Å². The molecule has 0 heterocycles. The largest absolute Gasteiger partial charge is 0.493 e. The summed E-state index contributed by atoms with van der Waals surface area (Å²) < 4.78 is 5.22. The summed E-state index contributed by atoms with van der Waals surface area (Å²) in [7, 11) is 0. The third-order valence-electron chi connectivity index (χ3n) is 1.94. The smallest absolute Gasteiger partial charge is 0.161 e. The van der Waals surface area contributed by atoms with Gasteiger partial charge in [-0.2, -0.15) is 0 Å². The molecular weight excluding hydrogens is 216 g/mol. The lowest BCUT2D eigenvalue weighted by molar-refractivity contribution is 0.101. The van der Waals surface area contributed by atoms with E-state index in [0.29, 0.717) is 24.2 Å². The van der Waals surface area contributed by atoms with E-state index in [4.69, 9.17) is 16.3 Å². The van der Waals surface area contributed by atoms with E-state index in [2.05, 4.69) is 0 Å². The number of hydrogen-bond acceptors (Lipinski definition) is 3. The molecular formula is C11H11ClO3. The summed E-state index contributed by atoms with van der Waals surface area (Å²) in [5.74, 6) is 0.230. The second-order valence-corrected chi connectivity index (χ2v) is 3.32. The van der Waals surface area contributed by atoms with Gasteiger partial charge in [-0.15, -0.1) is 0 Å². The first kappa shape index (κ1) is 11.7. The Morgan fingerprint density at radius 2 is 2.20 bits per heavy atom. The maximum Gasteiger partial charge on any atom is 0.161 e. The second kappa shape index (κ2) is 4.94. The molecule has 0 bridgehead atoms. The highest BCUT2D eigenvalue weighted by Gasteiger charge is 2.14. The zero-order valence-electron chi connectivity index (χ0n) is 8.54. The van der Waals surface area contributed by atoms with Crippen LogP contribution >= 0.6 is 11.6 Å². The molecule has 0 saturated carbocycles. The van der Waals surface area contributed by atoms with Crippen LogP contribution < -0.4 is 4.74 Å². The lowest BCUT2D eigenvalue weighted by Gasteiger charge is -2.09. The Balaban J connectivity index is 3.32. The van der Waals surface area contributed by atoms with Gasteiger partial charge in [0.15, 0.2) is 12.1 Å². The molecule has 0 radical (unpaired) electrons. The van der Waals surface area contributed by atoms with Crippen LogP contribution in [0.1, 0.15) is 34.6 Å². The molecule has 1 aromatic rings. The normalized spacial score (nSPS) is 9.80. The molecule has 0 fully saturated rings. The fourth-order valence-corrected chi connectivity index (χ4v) is 1.57. The first-order valence-corrected chi connectivity index (χ1v) is 4.91. The van der Waals surface area contributed by atoms with Crippen molar-refractivity contribution in [1.82, 2.24) is 0 Å². The Morgan fingerprint density at radius 1 is 1.53 bits per heavy atom. The van der Waals surface area contributed by atoms with Crippen molar-refractivity contribution in [2.45, 2.75) is 13.8 Å². The number of Topliss-reactive ketones (excluding diaryl/α,β-unsaturated/α-hetero) is 1. The standard InChI is InChI=1S/C11H11ClO3/c1-3-15-10-5-4-8(7(2)14)11(12)9(10)6-13/h4-6H,3H2,1-2H3. The van der Waals surface area contributed by atoms with Gasteiger partial charge in [-0.3, -0.25) is 9.59 Å². The molecule has 1 aromatic carbocycles. The number of carbonyl (C=O) groups is 2. The van der Waals surface area contributed by atoms with Gasteiger partial charge in [-0.05, 0) is 26.0 Å². The van der Waals surface area contributed by atoms with Crippen molar-refractivity contribution < 1.29 is 14.3 Å². The summed E-state index contributed by atoms with van der Waals surface area (Å²) in [6.07, 6.45) is 0.597. The Labute approximate surface area is 93.0 Å². The maximum absolute atomic E-state index is 11.2. The topological polar surface area (TPSA) is 43.4 Å². The number of carbonyl (C=O) groups excluding carboxylic acids is 2. The molecule has 0 atom stereocenters. The van der Waals surface area contributed by atoms with E-state index in [1.54, 1.807) is 19.1 Å². The van der Waals surface area contributed by atoms with Crippen LogP contribution in [-0.4, -0.2) is 18.7 Å². The number of benzene rings is 1. The minimum absolute atomic E-state index is 0.156. The summed E-state index contributed by atoms with van der Waals surface area (Å²) in [6.45, 7) is 3.65. The zero-order valence-corrected chi connectivity index (χ0v) is 9.30. The number of hydrogen-bond donors (Lipinski definition) is 0. The molecule has 0 aliphatic carbocycles. The van der Waals surface area contributed by atoms with Gasteiger partial charge in [0.05, 0.1) is 17.2 Å². The van der Waals surface area contributed by atoms with Gasteiger partial charge in [0.2, 0.25) is 0 Å². The van der Waals surface area contributed by atoms with Crippen molar-refractivity contribution in [3.63, 3.8) is 0 Å². The molecule has 0 aliphatic rings. The number of ketones is 1. The summed E-state index contributed by atoms with van der Waals surface area (Å²) in [5.41, 5.74) is 0.563. The highest BCUT2D eigenvalue weighted by molar-refractivity contribution is 6.36. The van der Waals surface area contributed by atoms with Gasteiger partial charge in [0, 0.05) is 5.56 Å². The van der Waals surface area contributed by atoms with Crippen molar-refractivity contribution in [3.8, 4) is 5.75 Å². The average molecular weight is 227 g/mol. The van der Waals surface area contributed by atoms with Crippen LogP contribution in [-0.2, 0) is 0 Å². The Bertz CT molecular complexity index is 399. The molecule has 0 unspecified atom stereocenters. The molecule has 0 aromatic heterocycles. The molecule has 0 N–H and O–H groups in total. The highest BCUT2D eigenvalue weighted by Crippen LogP contribution is 2.28. The summed E-state index contributed by atoms with van der Waals surface area (Å²) in [5, 5.41) is 0.156. The molecule has 0 saturated heterocycles. The number of rotatable bonds is 4. The van der Waals surface area contributed by atoms with E-state index in [0.717, 1.165) is 0 Å². The van der Waals surface area contributed by atoms with Crippen LogP contribution in [0, 0.1) is 0 Å². The fourth-order valence-electron chi connectivity index (χ4n) is 1.24. The van der Waals surface area contributed by atoms with Crippen molar-refractivity contribution in [3.05, 3.63) is 28.3 Å². The van der Waals surface area contributed by atoms with Gasteiger partial charge in [0.1, 0.15) is 5.75 Å². The summed E-state index contributed by atoms with van der Waals surface area (Å²) >= 11 is 5.91. The summed E-state index contributed by atoms with van der Waals surface area (Å²) in [6, 6.07) is 3.14. The third kappa shape index (κ3) is 2.36. The van der Waals surface area contributed by atoms with Crippen LogP contribution in [0.25, 0.3) is 0 Å². The van der Waals surface area contributed by atoms with Crippen molar-refractivity contribution in [2.75, 3.05) is 6.61 Å². The van der Waals surface area contributed by atoms with E-state index in [9.17, 15) is 9.59 Å². The Kier molecular flexibility index (Phi) is 3.86. The minimum atomic E-state index is -0.175. The lowest BCUT2D eigenvalue weighted by Crippen LogP contribution is -2.01. The van der Waals surface area contributed by atoms with Crippen LogP contribution in [0.15, 0.2) is 12.1 Å². The Hall–Kier alpha value is -1.35. The number of halogens is 1. The molecule has 0 aliphatic heterocycles. The predicted octanol–water partition coefficient (Wildman–Crippen LogP) is 2.75. The average Bonchev–Trinajstić information content (AvgIpc) is 2.18. The Morgan fingerprint density at radius 3 is 2.67 bits per heavy atom. The van der Waals surface area contributed by atoms with E-state index in [1.807, 2.05) is 0 Å². The monoisotopic (exact) mass is 226 g/mol. The first-order chi connectivity index (χ1) is 7.11. The molecule has 4 heteroatoms. The molecule has 1 rings (SSSR count). The van der Waals surface area contributed by atoms with E-state index >= 15 is 0 Å². The van der Waals surface area contributed by atoms with Crippen molar-refractivity contribution >= 4 is 23.7 Å². The van der Waals surface area contributed by atoms with Crippen molar-refractivity contribution in [1.29, 1.82) is 0 Å². The fraction of sp³-hybridized carbons (Fsp3) is 0.273. The van der Waals surface area contributed by atoms with Gasteiger partial charge < -0.3 is 4.74 Å². The SMILES string of the molecule is CCOc1ccc(C(C)=O)c(Cl)c1C=O. The van der Waals surface area contributed by atoms with Crippen LogP contribution in [0.2, 0.25) is 5.02 Å². The van der Waals surface area contributed by atoms with Crippen LogP contribution in [0.5, 0.6) is 5.75 Å². The summed E-state index contributed by atoms with van der Waals surface area (Å²) in [4.78, 5) is 22.0. The predicted molar refractivity (Wildman–Crippen MR) is 58.0 cm³/mol. The van der Waals surface area contributed by atoms with Gasteiger partial charge >= 0.3 is 0 Å². The van der Waals surface area contributed by atoms with E-state index in [-0.39, 0.29) is 16.4 Å². The second-order valence-electron chi connectivity index (χ2n) is 2.95. The molecule has 3 nitrogen and oxygen atoms in total. The number of ether oxygens (including phenoxy) is 1. The first-order valence-electron chi connectivity index (χ1n) is 4.53. The van der Waals surface area contributed by atoms with Gasteiger partial charge in [-0.25, -0.2) is 0 Å². The van der Waals surface area contributed by atoms with E-state index in [1.165, 1.54) is 6.92 Å². The van der Waals surface area contributed by atoms with Gasteiger partial charge in [0.25, 0.3) is 0 Å². The minimum Gasteiger partial charge on any atom is -0.493 e. The third-order valence-corrected chi connectivity index (χ3v) is 2.34. The van der Waals surface area contributed by atoms with Gasteiger partial charge in [-0.1, -0.05) is 11.6 Å².